The summed E-state index contributed by atoms with van der Waals surface area (Å²) in [7, 11) is 1.74. The molecule has 0 fully saturated rings. The van der Waals surface area contributed by atoms with Crippen LogP contribution in [0, 0.1) is 6.92 Å². The minimum Gasteiger partial charge on any atom is -0.449 e. The maximum Gasteiger partial charge on any atom is 0.339 e. The SMILES string of the molecule is CCC(OC(=O)c1ccccc1-c1nc2ccccc2[nH]1)C(=O)Nc1c(C)n(C)n(-c2ccccc2)c1=O. The molecule has 0 saturated heterocycles. The number of ether oxygens (including phenoxy) is 1. The van der Waals surface area contributed by atoms with Gasteiger partial charge in [-0.2, -0.15) is 0 Å². The number of esters is 1. The number of fused-ring (bicyclic) bond motifs is 1. The lowest BCUT2D eigenvalue weighted by Gasteiger charge is -2.16. The van der Waals surface area contributed by atoms with Crippen LogP contribution >= 0.6 is 0 Å². The molecule has 1 amide bonds. The lowest BCUT2D eigenvalue weighted by atomic mass is 10.1. The molecule has 2 N–H and O–H groups in total. The quantitative estimate of drug-likeness (QED) is 0.312. The number of rotatable bonds is 7. The van der Waals surface area contributed by atoms with Gasteiger partial charge >= 0.3 is 5.97 Å². The minimum absolute atomic E-state index is 0.138. The molecule has 9 heteroatoms. The maximum absolute atomic E-state index is 13.2. The number of hydrogen-bond acceptors (Lipinski definition) is 5. The molecule has 0 aliphatic heterocycles. The van der Waals surface area contributed by atoms with Crippen molar-refractivity contribution in [2.24, 2.45) is 7.05 Å². The van der Waals surface area contributed by atoms with Crippen LogP contribution in [0.5, 0.6) is 0 Å². The summed E-state index contributed by atoms with van der Waals surface area (Å²) in [6.07, 6.45) is -0.876. The average Bonchev–Trinajstić information content (AvgIpc) is 3.46. The topological polar surface area (TPSA) is 111 Å². The fraction of sp³-hybridized carbons (Fsp3) is 0.172. The van der Waals surface area contributed by atoms with E-state index in [4.69, 9.17) is 4.74 Å². The van der Waals surface area contributed by atoms with Gasteiger partial charge in [-0.05, 0) is 43.7 Å². The van der Waals surface area contributed by atoms with Gasteiger partial charge in [0.2, 0.25) is 0 Å². The molecule has 5 aromatic rings. The number of aromatic nitrogens is 4. The number of aromatic amines is 1. The Morgan fingerprint density at radius 3 is 2.42 bits per heavy atom. The number of amides is 1. The molecule has 5 rings (SSSR count). The second kappa shape index (κ2) is 10.2. The van der Waals surface area contributed by atoms with E-state index < -0.39 is 18.0 Å². The van der Waals surface area contributed by atoms with E-state index in [1.54, 1.807) is 49.8 Å². The van der Waals surface area contributed by atoms with Crippen molar-refractivity contribution in [3.8, 4) is 17.1 Å². The van der Waals surface area contributed by atoms with Crippen LogP contribution in [0.1, 0.15) is 29.4 Å². The number of carbonyl (C=O) groups is 2. The van der Waals surface area contributed by atoms with Gasteiger partial charge in [0.25, 0.3) is 11.5 Å². The highest BCUT2D eigenvalue weighted by molar-refractivity contribution is 6.00. The van der Waals surface area contributed by atoms with Crippen molar-refractivity contribution < 1.29 is 14.3 Å². The molecule has 192 valence electrons. The van der Waals surface area contributed by atoms with E-state index in [1.807, 2.05) is 54.6 Å². The molecule has 0 saturated carbocycles. The zero-order chi connectivity index (χ0) is 26.8. The minimum atomic E-state index is -1.10. The van der Waals surface area contributed by atoms with E-state index in [2.05, 4.69) is 15.3 Å². The Labute approximate surface area is 218 Å². The largest absolute Gasteiger partial charge is 0.449 e. The molecule has 3 aromatic carbocycles. The van der Waals surface area contributed by atoms with Gasteiger partial charge < -0.3 is 15.0 Å². The number of imidazole rings is 1. The highest BCUT2D eigenvalue weighted by Gasteiger charge is 2.27. The summed E-state index contributed by atoms with van der Waals surface area (Å²) >= 11 is 0. The predicted molar refractivity (Wildman–Crippen MR) is 145 cm³/mol. The summed E-state index contributed by atoms with van der Waals surface area (Å²) in [5, 5.41) is 2.69. The highest BCUT2D eigenvalue weighted by atomic mass is 16.5. The standard InChI is InChI=1S/C29H27N5O4/c1-4-24(27(35)32-25-18(2)33(3)34(28(25)36)19-12-6-5-7-13-19)38-29(37)21-15-9-8-14-20(21)26-30-22-16-10-11-17-23(22)31-26/h5-17,24H,4H2,1-3H3,(H,30,31)(H,32,35). The predicted octanol–water partition coefficient (Wildman–Crippen LogP) is 4.60. The smallest absolute Gasteiger partial charge is 0.339 e. The van der Waals surface area contributed by atoms with Crippen LogP contribution in [-0.4, -0.2) is 37.3 Å². The van der Waals surface area contributed by atoms with Crippen molar-refractivity contribution in [2.75, 3.05) is 5.32 Å². The molecular formula is C29H27N5O4. The van der Waals surface area contributed by atoms with E-state index in [1.165, 1.54) is 4.68 Å². The third-order valence-electron chi connectivity index (χ3n) is 6.51. The maximum atomic E-state index is 13.2. The summed E-state index contributed by atoms with van der Waals surface area (Å²) in [4.78, 5) is 47.4. The number of carbonyl (C=O) groups excluding carboxylic acids is 2. The van der Waals surface area contributed by atoms with Crippen molar-refractivity contribution in [2.45, 2.75) is 26.4 Å². The van der Waals surface area contributed by atoms with E-state index >= 15 is 0 Å². The molecule has 0 bridgehead atoms. The first-order chi connectivity index (χ1) is 18.4. The van der Waals surface area contributed by atoms with Gasteiger partial charge in [-0.25, -0.2) is 14.5 Å². The Bertz CT molecular complexity index is 1660. The van der Waals surface area contributed by atoms with Crippen LogP contribution in [0.2, 0.25) is 0 Å². The first kappa shape index (κ1) is 24.8. The lowest BCUT2D eigenvalue weighted by molar-refractivity contribution is -0.124. The van der Waals surface area contributed by atoms with Crippen LogP contribution < -0.4 is 10.9 Å². The van der Waals surface area contributed by atoms with Gasteiger partial charge in [-0.15, -0.1) is 0 Å². The lowest BCUT2D eigenvalue weighted by Crippen LogP contribution is -2.34. The molecule has 2 heterocycles. The Kier molecular flexibility index (Phi) is 6.66. The number of nitrogens with one attached hydrogen (secondary N) is 2. The van der Waals surface area contributed by atoms with Gasteiger partial charge in [-0.3, -0.25) is 14.3 Å². The van der Waals surface area contributed by atoms with Crippen molar-refractivity contribution in [3.05, 3.63) is 100 Å². The highest BCUT2D eigenvalue weighted by Crippen LogP contribution is 2.25. The zero-order valence-electron chi connectivity index (χ0n) is 21.3. The molecule has 9 nitrogen and oxygen atoms in total. The number of H-pyrrole nitrogens is 1. The number of benzene rings is 3. The molecule has 0 radical (unpaired) electrons. The van der Waals surface area contributed by atoms with Gasteiger partial charge in [-0.1, -0.05) is 55.5 Å². The fourth-order valence-electron chi connectivity index (χ4n) is 4.38. The number of para-hydroxylation sites is 3. The van der Waals surface area contributed by atoms with Crippen LogP contribution in [0.3, 0.4) is 0 Å². The van der Waals surface area contributed by atoms with Crippen LogP contribution in [0.25, 0.3) is 28.1 Å². The molecule has 1 atom stereocenters. The summed E-state index contributed by atoms with van der Waals surface area (Å²) < 4.78 is 8.79. The third kappa shape index (κ3) is 4.50. The Morgan fingerprint density at radius 2 is 1.68 bits per heavy atom. The molecule has 2 aromatic heterocycles. The van der Waals surface area contributed by atoms with E-state index in [-0.39, 0.29) is 23.2 Å². The fourth-order valence-corrected chi connectivity index (χ4v) is 4.38. The van der Waals surface area contributed by atoms with Crippen LogP contribution in [0.4, 0.5) is 5.69 Å². The Morgan fingerprint density at radius 1 is 1.00 bits per heavy atom. The first-order valence-electron chi connectivity index (χ1n) is 12.3. The van der Waals surface area contributed by atoms with Gasteiger partial charge in [0, 0.05) is 12.6 Å². The molecule has 1 unspecified atom stereocenters. The summed E-state index contributed by atoms with van der Waals surface area (Å²) in [5.41, 5.74) is 3.47. The number of hydrogen-bond donors (Lipinski definition) is 2. The second-order valence-corrected chi connectivity index (χ2v) is 8.88. The van der Waals surface area contributed by atoms with Gasteiger partial charge in [0.1, 0.15) is 11.5 Å². The summed E-state index contributed by atoms with van der Waals surface area (Å²) in [6.45, 7) is 3.48. The summed E-state index contributed by atoms with van der Waals surface area (Å²) in [6, 6.07) is 23.7. The van der Waals surface area contributed by atoms with Crippen molar-refractivity contribution in [1.29, 1.82) is 0 Å². The van der Waals surface area contributed by atoms with Crippen LogP contribution in [0.15, 0.2) is 83.7 Å². The van der Waals surface area contributed by atoms with Gasteiger partial charge in [0.15, 0.2) is 6.10 Å². The third-order valence-corrected chi connectivity index (χ3v) is 6.51. The molecule has 0 aliphatic carbocycles. The monoisotopic (exact) mass is 509 g/mol. The van der Waals surface area contributed by atoms with E-state index in [0.717, 1.165) is 11.0 Å². The first-order valence-corrected chi connectivity index (χ1v) is 12.3. The molecule has 38 heavy (non-hydrogen) atoms. The number of anilines is 1. The molecule has 0 spiro atoms. The average molecular weight is 510 g/mol. The zero-order valence-corrected chi connectivity index (χ0v) is 21.3. The van der Waals surface area contributed by atoms with Crippen molar-refractivity contribution in [1.82, 2.24) is 19.3 Å². The normalized spacial score (nSPS) is 11.9. The molecule has 0 aliphatic rings. The molecular weight excluding hydrogens is 482 g/mol. The van der Waals surface area contributed by atoms with Crippen LogP contribution in [-0.2, 0) is 16.6 Å². The number of nitrogens with zero attached hydrogens (tertiary/aromatic N) is 3. The van der Waals surface area contributed by atoms with Crippen molar-refractivity contribution >= 4 is 28.6 Å². The van der Waals surface area contributed by atoms with Gasteiger partial charge in [0.05, 0.1) is 28.0 Å². The Balaban J connectivity index is 1.39. The summed E-state index contributed by atoms with van der Waals surface area (Å²) in [5.74, 6) is -0.708. The van der Waals surface area contributed by atoms with E-state index in [9.17, 15) is 14.4 Å². The second-order valence-electron chi connectivity index (χ2n) is 8.88. The van der Waals surface area contributed by atoms with Crippen molar-refractivity contribution in [3.63, 3.8) is 0 Å². The van der Waals surface area contributed by atoms with E-state index in [0.29, 0.717) is 22.8 Å². The Hall–Kier alpha value is -4.92.